The first-order chi connectivity index (χ1) is 8.81. The highest BCUT2D eigenvalue weighted by Crippen LogP contribution is 2.27. The SMILES string of the molecule is Nc1ccc2nc(NCCc3cscn3)sc2c1. The second kappa shape index (κ2) is 4.91. The Labute approximate surface area is 113 Å². The maximum Gasteiger partial charge on any atom is 0.183 e. The molecule has 1 aromatic carbocycles. The van der Waals surface area contributed by atoms with E-state index in [9.17, 15) is 0 Å². The van der Waals surface area contributed by atoms with Crippen LogP contribution >= 0.6 is 22.7 Å². The summed E-state index contributed by atoms with van der Waals surface area (Å²) in [5.41, 5.74) is 10.5. The van der Waals surface area contributed by atoms with Gasteiger partial charge < -0.3 is 11.1 Å². The minimum atomic E-state index is 0.778. The molecule has 3 rings (SSSR count). The Balaban J connectivity index is 1.67. The van der Waals surface area contributed by atoms with E-state index in [1.165, 1.54) is 0 Å². The molecule has 18 heavy (non-hydrogen) atoms. The van der Waals surface area contributed by atoms with Crippen molar-refractivity contribution < 1.29 is 0 Å². The first kappa shape index (κ1) is 11.4. The number of nitrogens with two attached hydrogens (primary N) is 1. The molecule has 0 aliphatic carbocycles. The molecule has 0 saturated carbocycles. The van der Waals surface area contributed by atoms with Crippen molar-refractivity contribution >= 4 is 43.7 Å². The van der Waals surface area contributed by atoms with Crippen LogP contribution in [0.4, 0.5) is 10.8 Å². The number of nitrogen functional groups attached to an aromatic ring is 1. The van der Waals surface area contributed by atoms with Crippen molar-refractivity contribution in [1.29, 1.82) is 0 Å². The minimum absolute atomic E-state index is 0.778. The van der Waals surface area contributed by atoms with Crippen LogP contribution in [0.25, 0.3) is 10.2 Å². The van der Waals surface area contributed by atoms with Crippen LogP contribution in [0.5, 0.6) is 0 Å². The average molecular weight is 276 g/mol. The van der Waals surface area contributed by atoms with Crippen molar-refractivity contribution in [1.82, 2.24) is 9.97 Å². The molecule has 2 aromatic heterocycles. The van der Waals surface area contributed by atoms with Gasteiger partial charge in [0, 0.05) is 24.0 Å². The Kier molecular flexibility index (Phi) is 3.12. The van der Waals surface area contributed by atoms with Crippen molar-refractivity contribution in [3.8, 4) is 0 Å². The lowest BCUT2D eigenvalue weighted by Gasteiger charge is -1.99. The van der Waals surface area contributed by atoms with Crippen molar-refractivity contribution in [2.24, 2.45) is 0 Å². The van der Waals surface area contributed by atoms with Gasteiger partial charge >= 0.3 is 0 Å². The number of nitrogens with one attached hydrogen (secondary N) is 1. The van der Waals surface area contributed by atoms with Gasteiger partial charge in [0.2, 0.25) is 0 Å². The molecule has 0 saturated heterocycles. The maximum atomic E-state index is 5.75. The minimum Gasteiger partial charge on any atom is -0.399 e. The van der Waals surface area contributed by atoms with Gasteiger partial charge in [0.15, 0.2) is 5.13 Å². The van der Waals surface area contributed by atoms with E-state index in [4.69, 9.17) is 5.73 Å². The van der Waals surface area contributed by atoms with Crippen LogP contribution in [0.1, 0.15) is 5.69 Å². The third kappa shape index (κ3) is 2.44. The Morgan fingerprint density at radius 1 is 1.33 bits per heavy atom. The van der Waals surface area contributed by atoms with Gasteiger partial charge in [0.05, 0.1) is 21.4 Å². The zero-order valence-corrected chi connectivity index (χ0v) is 11.2. The summed E-state index contributed by atoms with van der Waals surface area (Å²) in [6.45, 7) is 0.846. The Bertz CT molecular complexity index is 645. The van der Waals surface area contributed by atoms with E-state index < -0.39 is 0 Å². The number of thiazole rings is 2. The van der Waals surface area contributed by atoms with Crippen LogP contribution in [0.15, 0.2) is 29.1 Å². The van der Waals surface area contributed by atoms with Crippen LogP contribution in [-0.4, -0.2) is 16.5 Å². The van der Waals surface area contributed by atoms with Crippen LogP contribution in [0.3, 0.4) is 0 Å². The molecular weight excluding hydrogens is 264 g/mol. The fourth-order valence-electron chi connectivity index (χ4n) is 1.68. The summed E-state index contributed by atoms with van der Waals surface area (Å²) in [5.74, 6) is 0. The van der Waals surface area contributed by atoms with Crippen molar-refractivity contribution in [3.05, 3.63) is 34.8 Å². The van der Waals surface area contributed by atoms with Gasteiger partial charge in [-0.3, -0.25) is 0 Å². The average Bonchev–Trinajstić information content (AvgIpc) is 2.97. The van der Waals surface area contributed by atoms with Crippen LogP contribution in [0.2, 0.25) is 0 Å². The summed E-state index contributed by atoms with van der Waals surface area (Å²) in [5, 5.41) is 6.33. The van der Waals surface area contributed by atoms with Gasteiger partial charge in [-0.15, -0.1) is 11.3 Å². The normalized spacial score (nSPS) is 10.9. The van der Waals surface area contributed by atoms with Crippen molar-refractivity contribution in [2.45, 2.75) is 6.42 Å². The lowest BCUT2D eigenvalue weighted by Crippen LogP contribution is -2.04. The molecule has 3 aromatic rings. The molecule has 0 radical (unpaired) electrons. The van der Waals surface area contributed by atoms with E-state index in [-0.39, 0.29) is 0 Å². The lowest BCUT2D eigenvalue weighted by atomic mass is 10.3. The summed E-state index contributed by atoms with van der Waals surface area (Å²) < 4.78 is 1.12. The highest BCUT2D eigenvalue weighted by molar-refractivity contribution is 7.22. The van der Waals surface area contributed by atoms with Crippen molar-refractivity contribution in [2.75, 3.05) is 17.6 Å². The Hall–Kier alpha value is -1.66. The zero-order valence-electron chi connectivity index (χ0n) is 9.59. The van der Waals surface area contributed by atoms with Gasteiger partial charge in [-0.25, -0.2) is 9.97 Å². The Morgan fingerprint density at radius 3 is 3.11 bits per heavy atom. The molecular formula is C12H12N4S2. The third-order valence-electron chi connectivity index (χ3n) is 2.55. The molecule has 92 valence electrons. The quantitative estimate of drug-likeness (QED) is 0.719. The maximum absolute atomic E-state index is 5.75. The number of rotatable bonds is 4. The molecule has 0 amide bonds. The number of aromatic nitrogens is 2. The van der Waals surface area contributed by atoms with E-state index in [0.29, 0.717) is 0 Å². The molecule has 0 unspecified atom stereocenters. The van der Waals surface area contributed by atoms with E-state index in [0.717, 1.165) is 39.7 Å². The molecule has 0 atom stereocenters. The van der Waals surface area contributed by atoms with Gasteiger partial charge in [0.25, 0.3) is 0 Å². The summed E-state index contributed by atoms with van der Waals surface area (Å²) in [7, 11) is 0. The monoisotopic (exact) mass is 276 g/mol. The zero-order chi connectivity index (χ0) is 12.4. The highest BCUT2D eigenvalue weighted by Gasteiger charge is 2.03. The Morgan fingerprint density at radius 2 is 2.28 bits per heavy atom. The number of hydrogen-bond acceptors (Lipinski definition) is 6. The number of nitrogens with zero attached hydrogens (tertiary/aromatic N) is 2. The smallest absolute Gasteiger partial charge is 0.183 e. The van der Waals surface area contributed by atoms with Gasteiger partial charge in [0.1, 0.15) is 0 Å². The standard InChI is InChI=1S/C12H12N4S2/c13-8-1-2-10-11(5-8)18-12(16-10)14-4-3-9-6-17-7-15-9/h1-2,5-7H,3-4,13H2,(H,14,16). The number of hydrogen-bond donors (Lipinski definition) is 2. The topological polar surface area (TPSA) is 63.8 Å². The number of benzene rings is 1. The summed E-state index contributed by atoms with van der Waals surface area (Å²) in [6.07, 6.45) is 0.918. The van der Waals surface area contributed by atoms with Gasteiger partial charge in [-0.2, -0.15) is 0 Å². The molecule has 0 aliphatic rings. The molecule has 0 aliphatic heterocycles. The van der Waals surface area contributed by atoms with E-state index in [2.05, 4.69) is 20.7 Å². The molecule has 2 heterocycles. The molecule has 0 spiro atoms. The van der Waals surface area contributed by atoms with Crippen molar-refractivity contribution in [3.63, 3.8) is 0 Å². The van der Waals surface area contributed by atoms with Crippen LogP contribution in [-0.2, 0) is 6.42 Å². The van der Waals surface area contributed by atoms with Crippen LogP contribution < -0.4 is 11.1 Å². The van der Waals surface area contributed by atoms with E-state index >= 15 is 0 Å². The molecule has 4 nitrogen and oxygen atoms in total. The van der Waals surface area contributed by atoms with E-state index in [1.54, 1.807) is 22.7 Å². The largest absolute Gasteiger partial charge is 0.399 e. The first-order valence-electron chi connectivity index (χ1n) is 5.58. The fourth-order valence-corrected chi connectivity index (χ4v) is 3.21. The molecule has 0 bridgehead atoms. The molecule has 3 N–H and O–H groups in total. The lowest BCUT2D eigenvalue weighted by molar-refractivity contribution is 0.975. The first-order valence-corrected chi connectivity index (χ1v) is 7.34. The second-order valence-corrected chi connectivity index (χ2v) is 5.65. The van der Waals surface area contributed by atoms with E-state index in [1.807, 2.05) is 23.7 Å². The van der Waals surface area contributed by atoms with Gasteiger partial charge in [-0.05, 0) is 18.2 Å². The summed E-state index contributed by atoms with van der Waals surface area (Å²) >= 11 is 3.25. The highest BCUT2D eigenvalue weighted by atomic mass is 32.1. The second-order valence-electron chi connectivity index (χ2n) is 3.90. The summed E-state index contributed by atoms with van der Waals surface area (Å²) in [6, 6.07) is 5.78. The van der Waals surface area contributed by atoms with Gasteiger partial charge in [-0.1, -0.05) is 11.3 Å². The molecule has 6 heteroatoms. The number of anilines is 2. The predicted octanol–water partition coefficient (Wildman–Crippen LogP) is 2.99. The number of fused-ring (bicyclic) bond motifs is 1. The third-order valence-corrected chi connectivity index (χ3v) is 4.16. The summed E-state index contributed by atoms with van der Waals surface area (Å²) in [4.78, 5) is 8.75. The van der Waals surface area contributed by atoms with Crippen LogP contribution in [0, 0.1) is 0 Å². The fraction of sp³-hybridized carbons (Fsp3) is 0.167. The molecule has 0 fully saturated rings. The predicted molar refractivity (Wildman–Crippen MR) is 78.3 cm³/mol.